The van der Waals surface area contributed by atoms with Gasteiger partial charge in [-0.05, 0) is 48.9 Å². The van der Waals surface area contributed by atoms with Gasteiger partial charge in [-0.25, -0.2) is 4.79 Å². The first kappa shape index (κ1) is 19.9. The van der Waals surface area contributed by atoms with Crippen LogP contribution in [-0.2, 0) is 22.4 Å². The second-order valence-corrected chi connectivity index (χ2v) is 7.60. The van der Waals surface area contributed by atoms with Crippen LogP contribution in [0.4, 0.5) is 5.69 Å². The summed E-state index contributed by atoms with van der Waals surface area (Å²) in [7, 11) is 1.53. The average molecular weight is 404 g/mol. The topological polar surface area (TPSA) is 77.5 Å². The lowest BCUT2D eigenvalue weighted by Crippen LogP contribution is -2.23. The number of hydrogen-bond acceptors (Lipinski definition) is 5. The van der Waals surface area contributed by atoms with Gasteiger partial charge in [0.2, 0.25) is 0 Å². The van der Waals surface area contributed by atoms with E-state index in [1.54, 1.807) is 18.2 Å². The van der Waals surface area contributed by atoms with Gasteiger partial charge in [0.1, 0.15) is 5.75 Å². The number of benzene rings is 2. The number of carbonyl (C=O) groups excluding carboxylic acids is 2. The van der Waals surface area contributed by atoms with Crippen LogP contribution in [0.25, 0.3) is 10.9 Å². The average Bonchev–Trinajstić information content (AvgIpc) is 2.76. The highest BCUT2D eigenvalue weighted by atomic mass is 16.5. The van der Waals surface area contributed by atoms with Crippen molar-refractivity contribution in [3.05, 3.63) is 65.4 Å². The van der Waals surface area contributed by atoms with Gasteiger partial charge in [0.15, 0.2) is 6.61 Å². The van der Waals surface area contributed by atoms with Crippen LogP contribution >= 0.6 is 0 Å². The van der Waals surface area contributed by atoms with Crippen LogP contribution in [0.1, 0.15) is 35.0 Å². The Morgan fingerprint density at radius 2 is 1.90 bits per heavy atom. The molecule has 0 bridgehead atoms. The zero-order chi connectivity index (χ0) is 21.1. The van der Waals surface area contributed by atoms with E-state index in [4.69, 9.17) is 14.5 Å². The minimum absolute atomic E-state index is 0.377. The molecule has 154 valence electrons. The number of pyridine rings is 1. The minimum atomic E-state index is -0.492. The second-order valence-electron chi connectivity index (χ2n) is 7.60. The van der Waals surface area contributed by atoms with E-state index in [2.05, 4.69) is 12.2 Å². The summed E-state index contributed by atoms with van der Waals surface area (Å²) in [6.07, 6.45) is 2.68. The number of hydrogen-bond donors (Lipinski definition) is 1. The number of esters is 1. The molecule has 0 spiro atoms. The van der Waals surface area contributed by atoms with E-state index in [-0.39, 0.29) is 6.61 Å². The number of aryl methyl sites for hydroxylation is 1. The number of methoxy groups -OCH3 is 1. The molecule has 1 amide bonds. The summed E-state index contributed by atoms with van der Waals surface area (Å²) in [6, 6.07) is 14.7. The Kier molecular flexibility index (Phi) is 5.65. The molecule has 30 heavy (non-hydrogen) atoms. The number of rotatable bonds is 5. The molecule has 0 saturated carbocycles. The van der Waals surface area contributed by atoms with Gasteiger partial charge in [-0.1, -0.05) is 37.3 Å². The van der Waals surface area contributed by atoms with Crippen molar-refractivity contribution < 1.29 is 19.1 Å². The third kappa shape index (κ3) is 3.99. The van der Waals surface area contributed by atoms with E-state index in [0.29, 0.717) is 22.9 Å². The maximum absolute atomic E-state index is 13.1. The molecule has 0 radical (unpaired) electrons. The Morgan fingerprint density at radius 1 is 1.13 bits per heavy atom. The number of amides is 1. The molecule has 1 N–H and O–H groups in total. The summed E-state index contributed by atoms with van der Waals surface area (Å²) in [4.78, 5) is 30.2. The quantitative estimate of drug-likeness (QED) is 0.646. The van der Waals surface area contributed by atoms with E-state index in [1.807, 2.05) is 30.3 Å². The zero-order valence-corrected chi connectivity index (χ0v) is 17.1. The summed E-state index contributed by atoms with van der Waals surface area (Å²) in [6.45, 7) is 1.80. The largest absolute Gasteiger partial charge is 0.495 e. The molecule has 0 fully saturated rings. The third-order valence-electron chi connectivity index (χ3n) is 5.42. The fraction of sp³-hybridized carbons (Fsp3) is 0.292. The van der Waals surface area contributed by atoms with Crippen LogP contribution in [0.15, 0.2) is 48.5 Å². The van der Waals surface area contributed by atoms with Crippen molar-refractivity contribution in [3.63, 3.8) is 0 Å². The number of nitrogens with zero attached hydrogens (tertiary/aromatic N) is 1. The number of fused-ring (bicyclic) bond motifs is 2. The monoisotopic (exact) mass is 404 g/mol. The summed E-state index contributed by atoms with van der Waals surface area (Å²) < 4.78 is 10.7. The lowest BCUT2D eigenvalue weighted by Gasteiger charge is -2.24. The van der Waals surface area contributed by atoms with Crippen molar-refractivity contribution in [2.45, 2.75) is 26.2 Å². The van der Waals surface area contributed by atoms with Crippen LogP contribution in [0.5, 0.6) is 5.75 Å². The fourth-order valence-corrected chi connectivity index (χ4v) is 3.93. The number of ether oxygens (including phenoxy) is 2. The molecule has 6 heteroatoms. The smallest absolute Gasteiger partial charge is 0.339 e. The lowest BCUT2D eigenvalue weighted by molar-refractivity contribution is -0.119. The Morgan fingerprint density at radius 3 is 2.73 bits per heavy atom. The number of nitrogens with one attached hydrogen (secondary N) is 1. The first-order valence-electron chi connectivity index (χ1n) is 10.1. The molecule has 1 aliphatic rings. The Hall–Kier alpha value is -3.41. The van der Waals surface area contributed by atoms with Gasteiger partial charge in [-0.15, -0.1) is 0 Å². The highest BCUT2D eigenvalue weighted by Gasteiger charge is 2.26. The molecule has 1 aromatic heterocycles. The lowest BCUT2D eigenvalue weighted by atomic mass is 9.84. The first-order chi connectivity index (χ1) is 14.6. The van der Waals surface area contributed by atoms with E-state index in [9.17, 15) is 9.59 Å². The molecule has 1 aliphatic carbocycles. The zero-order valence-electron chi connectivity index (χ0n) is 17.1. The molecule has 1 atom stereocenters. The molecule has 6 nitrogen and oxygen atoms in total. The molecule has 3 aromatic rings. The normalized spacial score (nSPS) is 15.3. The first-order valence-corrected chi connectivity index (χ1v) is 10.1. The number of carbonyl (C=O) groups is 2. The molecule has 1 heterocycles. The van der Waals surface area contributed by atoms with Gasteiger partial charge in [0.25, 0.3) is 5.91 Å². The molecule has 2 aromatic carbocycles. The standard InChI is InChI=1S/C24H24N2O4/c1-15-11-12-19-17(13-15)23(16-7-3-4-8-18(16)25-19)24(28)30-14-22(27)26-20-9-5-6-10-21(20)29-2/h3-10,15H,11-14H2,1-2H3,(H,26,27). The predicted molar refractivity (Wildman–Crippen MR) is 115 cm³/mol. The van der Waals surface area contributed by atoms with Crippen molar-refractivity contribution in [2.24, 2.45) is 5.92 Å². The molecular weight excluding hydrogens is 380 g/mol. The molecular formula is C24H24N2O4. The minimum Gasteiger partial charge on any atom is -0.495 e. The van der Waals surface area contributed by atoms with Crippen LogP contribution in [0.3, 0.4) is 0 Å². The second kappa shape index (κ2) is 8.53. The van der Waals surface area contributed by atoms with E-state index in [1.165, 1.54) is 7.11 Å². The van der Waals surface area contributed by atoms with E-state index >= 15 is 0 Å². The predicted octanol–water partition coefficient (Wildman–Crippen LogP) is 4.16. The van der Waals surface area contributed by atoms with Gasteiger partial charge in [-0.2, -0.15) is 0 Å². The molecule has 0 saturated heterocycles. The van der Waals surface area contributed by atoms with Crippen LogP contribution in [0.2, 0.25) is 0 Å². The molecule has 4 rings (SSSR count). The Bertz CT molecular complexity index is 1110. The van der Waals surface area contributed by atoms with Gasteiger partial charge < -0.3 is 14.8 Å². The Labute approximate surface area is 175 Å². The summed E-state index contributed by atoms with van der Waals surface area (Å²) in [5.74, 6) is 0.101. The highest BCUT2D eigenvalue weighted by Crippen LogP contribution is 2.32. The summed E-state index contributed by atoms with van der Waals surface area (Å²) in [5, 5.41) is 3.49. The van der Waals surface area contributed by atoms with E-state index < -0.39 is 11.9 Å². The maximum atomic E-state index is 13.1. The highest BCUT2D eigenvalue weighted by molar-refractivity contribution is 6.06. The SMILES string of the molecule is COc1ccccc1NC(=O)COC(=O)c1c2c(nc3ccccc13)CCC(C)C2. The van der Waals surface area contributed by atoms with Crippen molar-refractivity contribution in [1.82, 2.24) is 4.98 Å². The number of anilines is 1. The van der Waals surface area contributed by atoms with Crippen molar-refractivity contribution in [1.29, 1.82) is 0 Å². The van der Waals surface area contributed by atoms with Crippen LogP contribution < -0.4 is 10.1 Å². The molecule has 0 aliphatic heterocycles. The van der Waals surface area contributed by atoms with Crippen LogP contribution in [0, 0.1) is 5.92 Å². The number of para-hydroxylation sites is 3. The number of aromatic nitrogens is 1. The van der Waals surface area contributed by atoms with Gasteiger partial charge >= 0.3 is 5.97 Å². The van der Waals surface area contributed by atoms with Gasteiger partial charge in [0, 0.05) is 11.1 Å². The van der Waals surface area contributed by atoms with Gasteiger partial charge in [0.05, 0.1) is 23.9 Å². The summed E-state index contributed by atoms with van der Waals surface area (Å²) >= 11 is 0. The van der Waals surface area contributed by atoms with E-state index in [0.717, 1.165) is 41.4 Å². The van der Waals surface area contributed by atoms with Crippen molar-refractivity contribution in [3.8, 4) is 5.75 Å². The molecule has 1 unspecified atom stereocenters. The van der Waals surface area contributed by atoms with Gasteiger partial charge in [-0.3, -0.25) is 9.78 Å². The van der Waals surface area contributed by atoms with Crippen molar-refractivity contribution in [2.75, 3.05) is 19.0 Å². The maximum Gasteiger partial charge on any atom is 0.339 e. The van der Waals surface area contributed by atoms with Crippen LogP contribution in [-0.4, -0.2) is 30.6 Å². The fourth-order valence-electron chi connectivity index (χ4n) is 3.93. The van der Waals surface area contributed by atoms with Crippen molar-refractivity contribution >= 4 is 28.5 Å². The Balaban J connectivity index is 1.56. The third-order valence-corrected chi connectivity index (χ3v) is 5.42. The summed E-state index contributed by atoms with van der Waals surface area (Å²) in [5.41, 5.74) is 3.74.